The highest BCUT2D eigenvalue weighted by Crippen LogP contribution is 2.37. The maximum atomic E-state index is 6.17. The maximum Gasteiger partial charge on any atom is 0.0704 e. The normalized spacial score (nSPS) is 12.7. The highest BCUT2D eigenvalue weighted by Gasteiger charge is 2.15. The predicted octanol–water partition coefficient (Wildman–Crippen LogP) is 6.15. The molecule has 1 unspecified atom stereocenters. The molecule has 0 aliphatic rings. The Balaban J connectivity index is 2.20. The van der Waals surface area contributed by atoms with Crippen molar-refractivity contribution in [3.8, 4) is 0 Å². The summed E-state index contributed by atoms with van der Waals surface area (Å²) in [5.41, 5.74) is 2.51. The second-order valence-electron chi connectivity index (χ2n) is 3.83. The standard InChI is InChI=1S/C13H11Br2ClS/c1-8-10(7-13(15)17-8)11(14)6-9-4-2-3-5-12(9)16/h2-5,7,11H,6H2,1H3. The average molecular weight is 395 g/mol. The van der Waals surface area contributed by atoms with Crippen molar-refractivity contribution in [2.24, 2.45) is 0 Å². The Labute approximate surface area is 127 Å². The Morgan fingerprint density at radius 2 is 2.06 bits per heavy atom. The van der Waals surface area contributed by atoms with Crippen LogP contribution in [0.3, 0.4) is 0 Å². The second kappa shape index (κ2) is 5.87. The second-order valence-corrected chi connectivity index (χ2v) is 7.97. The van der Waals surface area contributed by atoms with Crippen LogP contribution >= 0.6 is 54.8 Å². The van der Waals surface area contributed by atoms with Gasteiger partial charge < -0.3 is 0 Å². The molecule has 2 rings (SSSR count). The molecule has 0 radical (unpaired) electrons. The fourth-order valence-electron chi connectivity index (χ4n) is 1.74. The third-order valence-corrected chi connectivity index (χ3v) is 5.38. The number of halogens is 3. The molecule has 1 aromatic carbocycles. The van der Waals surface area contributed by atoms with Crippen LogP contribution in [0.5, 0.6) is 0 Å². The Bertz CT molecular complexity index is 522. The van der Waals surface area contributed by atoms with E-state index in [9.17, 15) is 0 Å². The number of benzene rings is 1. The summed E-state index contributed by atoms with van der Waals surface area (Å²) < 4.78 is 1.17. The number of aryl methyl sites for hydroxylation is 1. The van der Waals surface area contributed by atoms with Crippen LogP contribution in [0.15, 0.2) is 34.1 Å². The number of rotatable bonds is 3. The molecule has 0 aliphatic carbocycles. The van der Waals surface area contributed by atoms with Crippen molar-refractivity contribution in [2.75, 3.05) is 0 Å². The molecule has 0 nitrogen and oxygen atoms in total. The van der Waals surface area contributed by atoms with Crippen LogP contribution in [-0.2, 0) is 6.42 Å². The molecule has 1 heterocycles. The summed E-state index contributed by atoms with van der Waals surface area (Å²) in [5.74, 6) is 0. The average Bonchev–Trinajstić information content (AvgIpc) is 2.61. The fraction of sp³-hybridized carbons (Fsp3) is 0.231. The highest BCUT2D eigenvalue weighted by atomic mass is 79.9. The van der Waals surface area contributed by atoms with Crippen molar-refractivity contribution in [2.45, 2.75) is 18.2 Å². The quantitative estimate of drug-likeness (QED) is 0.548. The molecule has 1 atom stereocenters. The van der Waals surface area contributed by atoms with Gasteiger partial charge in [0.1, 0.15) is 0 Å². The topological polar surface area (TPSA) is 0 Å². The summed E-state index contributed by atoms with van der Waals surface area (Å²) in [5, 5.41) is 0.837. The van der Waals surface area contributed by atoms with E-state index in [4.69, 9.17) is 11.6 Å². The zero-order chi connectivity index (χ0) is 12.4. The monoisotopic (exact) mass is 392 g/mol. The maximum absolute atomic E-state index is 6.17. The van der Waals surface area contributed by atoms with Crippen molar-refractivity contribution in [3.05, 3.63) is 55.1 Å². The largest absolute Gasteiger partial charge is 0.133 e. The first-order valence-electron chi connectivity index (χ1n) is 5.21. The molecule has 0 bridgehead atoms. The van der Waals surface area contributed by atoms with Crippen LogP contribution in [0, 0.1) is 6.92 Å². The zero-order valence-corrected chi connectivity index (χ0v) is 14.0. The van der Waals surface area contributed by atoms with Crippen LogP contribution in [-0.4, -0.2) is 0 Å². The molecule has 0 N–H and O–H groups in total. The van der Waals surface area contributed by atoms with Crippen molar-refractivity contribution >= 4 is 54.8 Å². The Kier molecular flexibility index (Phi) is 4.70. The van der Waals surface area contributed by atoms with Gasteiger partial charge in [0.25, 0.3) is 0 Å². The van der Waals surface area contributed by atoms with Crippen LogP contribution in [0.4, 0.5) is 0 Å². The minimum absolute atomic E-state index is 0.310. The van der Waals surface area contributed by atoms with Crippen LogP contribution in [0.2, 0.25) is 5.02 Å². The van der Waals surface area contributed by atoms with Crippen LogP contribution in [0.25, 0.3) is 0 Å². The van der Waals surface area contributed by atoms with Crippen molar-refractivity contribution in [1.29, 1.82) is 0 Å². The number of thiophene rings is 1. The fourth-order valence-corrected chi connectivity index (χ4v) is 4.70. The van der Waals surface area contributed by atoms with E-state index in [2.05, 4.69) is 50.9 Å². The number of alkyl halides is 1. The Morgan fingerprint density at radius 1 is 1.35 bits per heavy atom. The van der Waals surface area contributed by atoms with Gasteiger partial charge in [0.05, 0.1) is 3.79 Å². The van der Waals surface area contributed by atoms with Gasteiger partial charge in [-0.1, -0.05) is 45.7 Å². The molecule has 0 fully saturated rings. The summed E-state index contributed by atoms with van der Waals surface area (Å²) in [7, 11) is 0. The van der Waals surface area contributed by atoms with Crippen LogP contribution < -0.4 is 0 Å². The van der Waals surface area contributed by atoms with E-state index in [1.807, 2.05) is 18.2 Å². The predicted molar refractivity (Wildman–Crippen MR) is 83.6 cm³/mol. The lowest BCUT2D eigenvalue weighted by Crippen LogP contribution is -1.96. The molecule has 90 valence electrons. The SMILES string of the molecule is Cc1sc(Br)cc1C(Br)Cc1ccccc1Cl. The van der Waals surface area contributed by atoms with Crippen molar-refractivity contribution < 1.29 is 0 Å². The molecular formula is C13H11Br2ClS. The first-order valence-corrected chi connectivity index (χ1v) is 8.11. The van der Waals surface area contributed by atoms with E-state index in [0.29, 0.717) is 4.83 Å². The van der Waals surface area contributed by atoms with E-state index in [1.165, 1.54) is 19.8 Å². The van der Waals surface area contributed by atoms with Gasteiger partial charge in [-0.3, -0.25) is 0 Å². The van der Waals surface area contributed by atoms with Gasteiger partial charge >= 0.3 is 0 Å². The summed E-state index contributed by atoms with van der Waals surface area (Å²) in [4.78, 5) is 1.65. The van der Waals surface area contributed by atoms with Gasteiger partial charge in [-0.2, -0.15) is 0 Å². The molecule has 0 saturated heterocycles. The molecule has 0 saturated carbocycles. The highest BCUT2D eigenvalue weighted by molar-refractivity contribution is 9.11. The first kappa shape index (κ1) is 13.6. The molecule has 2 aromatic rings. The molecule has 1 aromatic heterocycles. The third kappa shape index (κ3) is 3.34. The Hall–Kier alpha value is 0.170. The van der Waals surface area contributed by atoms with E-state index in [-0.39, 0.29) is 0 Å². The summed E-state index contributed by atoms with van der Waals surface area (Å²) in [6, 6.07) is 10.2. The Morgan fingerprint density at radius 3 is 2.65 bits per heavy atom. The summed E-state index contributed by atoms with van der Waals surface area (Å²) in [6.07, 6.45) is 0.906. The molecule has 4 heteroatoms. The lowest BCUT2D eigenvalue weighted by Gasteiger charge is -2.10. The molecular weight excluding hydrogens is 383 g/mol. The van der Waals surface area contributed by atoms with E-state index in [1.54, 1.807) is 11.3 Å². The first-order chi connectivity index (χ1) is 8.08. The summed E-state index contributed by atoms with van der Waals surface area (Å²) in [6.45, 7) is 2.14. The summed E-state index contributed by atoms with van der Waals surface area (Å²) >= 11 is 15.2. The van der Waals surface area contributed by atoms with Gasteiger partial charge in [-0.15, -0.1) is 11.3 Å². The van der Waals surface area contributed by atoms with Crippen LogP contribution in [0.1, 0.15) is 20.8 Å². The molecule has 0 amide bonds. The van der Waals surface area contributed by atoms with Crippen molar-refractivity contribution in [1.82, 2.24) is 0 Å². The number of hydrogen-bond acceptors (Lipinski definition) is 1. The van der Waals surface area contributed by atoms with Gasteiger partial charge in [-0.25, -0.2) is 0 Å². The minimum atomic E-state index is 0.310. The van der Waals surface area contributed by atoms with Gasteiger partial charge in [0.2, 0.25) is 0 Å². The van der Waals surface area contributed by atoms with E-state index in [0.717, 1.165) is 11.4 Å². The molecule has 0 spiro atoms. The van der Waals surface area contributed by atoms with Gasteiger partial charge in [0.15, 0.2) is 0 Å². The lowest BCUT2D eigenvalue weighted by molar-refractivity contribution is 0.946. The molecule has 17 heavy (non-hydrogen) atoms. The lowest BCUT2D eigenvalue weighted by atomic mass is 10.1. The van der Waals surface area contributed by atoms with E-state index >= 15 is 0 Å². The molecule has 0 aliphatic heterocycles. The zero-order valence-electron chi connectivity index (χ0n) is 9.21. The van der Waals surface area contributed by atoms with Crippen molar-refractivity contribution in [3.63, 3.8) is 0 Å². The third-order valence-electron chi connectivity index (χ3n) is 2.62. The van der Waals surface area contributed by atoms with Gasteiger partial charge in [0, 0.05) is 14.7 Å². The van der Waals surface area contributed by atoms with Gasteiger partial charge in [-0.05, 0) is 52.5 Å². The smallest absolute Gasteiger partial charge is 0.0704 e. The van der Waals surface area contributed by atoms with E-state index < -0.39 is 0 Å². The minimum Gasteiger partial charge on any atom is -0.133 e. The number of hydrogen-bond donors (Lipinski definition) is 0.